The van der Waals surface area contributed by atoms with E-state index in [0.717, 1.165) is 0 Å². The minimum absolute atomic E-state index is 0.0114. The van der Waals surface area contributed by atoms with Gasteiger partial charge in [0, 0.05) is 16.8 Å². The maximum Gasteiger partial charge on any atom is 0.174 e. The van der Waals surface area contributed by atoms with E-state index in [2.05, 4.69) is 0 Å². The van der Waals surface area contributed by atoms with E-state index in [1.807, 2.05) is 0 Å². The van der Waals surface area contributed by atoms with Gasteiger partial charge in [-0.25, -0.2) is 0 Å². The van der Waals surface area contributed by atoms with E-state index in [-0.39, 0.29) is 11.6 Å². The van der Waals surface area contributed by atoms with Gasteiger partial charge < -0.3 is 5.73 Å². The topological polar surface area (TPSA) is 60.2 Å². The Morgan fingerprint density at radius 1 is 1.17 bits per heavy atom. The number of benzene rings is 1. The van der Waals surface area contributed by atoms with Gasteiger partial charge in [0.2, 0.25) is 0 Å². The first kappa shape index (κ1) is 11.0. The molecule has 0 heterocycles. The van der Waals surface area contributed by atoms with Crippen molar-refractivity contribution in [2.45, 2.75) is 6.92 Å². The molecule has 0 fully saturated rings. The minimum Gasteiger partial charge on any atom is -0.399 e. The van der Waals surface area contributed by atoms with Crippen molar-refractivity contribution in [3.63, 3.8) is 0 Å². The number of Topliss-reactive ketones (excluding diaryl/α,β-unsaturated/α-hetero) is 2. The molecule has 0 bridgehead atoms. The number of ketones is 2. The summed E-state index contributed by atoms with van der Waals surface area (Å²) in [5.41, 5.74) is 6.50. The summed E-state index contributed by atoms with van der Waals surface area (Å²) >= 11 is 0. The fraction of sp³-hybridized carbons (Fsp3) is 0.200. The Labute approximate surface area is 105 Å². The molecular weight excluding hydrogens is 226 g/mol. The summed E-state index contributed by atoms with van der Waals surface area (Å²) in [7, 11) is 0. The Morgan fingerprint density at radius 2 is 1.83 bits per heavy atom. The first-order valence-electron chi connectivity index (χ1n) is 5.88. The average molecular weight is 239 g/mol. The lowest BCUT2D eigenvalue weighted by Crippen LogP contribution is -2.44. The molecule has 0 spiro atoms. The maximum absolute atomic E-state index is 12.6. The van der Waals surface area contributed by atoms with Crippen LogP contribution in [0.1, 0.15) is 27.6 Å². The number of allylic oxidation sites excluding steroid dienone is 3. The number of carbonyl (C=O) groups excluding carboxylic acids is 2. The summed E-state index contributed by atoms with van der Waals surface area (Å²) < 4.78 is 0. The average Bonchev–Trinajstić information content (AvgIpc) is 2.39. The lowest BCUT2D eigenvalue weighted by molar-refractivity contribution is 0.0701. The summed E-state index contributed by atoms with van der Waals surface area (Å²) in [6.45, 7) is 1.80. The van der Waals surface area contributed by atoms with Crippen LogP contribution in [0.5, 0.6) is 0 Å². The van der Waals surface area contributed by atoms with Crippen molar-refractivity contribution in [2.75, 3.05) is 0 Å². The maximum atomic E-state index is 12.6. The molecule has 2 N–H and O–H groups in total. The second-order valence-electron chi connectivity index (χ2n) is 5.00. The third-order valence-corrected chi connectivity index (χ3v) is 3.84. The Balaban J connectivity index is 2.26. The van der Waals surface area contributed by atoms with E-state index in [4.69, 9.17) is 5.73 Å². The van der Waals surface area contributed by atoms with Crippen molar-refractivity contribution in [3.05, 3.63) is 59.3 Å². The highest BCUT2D eigenvalue weighted by molar-refractivity contribution is 6.19. The van der Waals surface area contributed by atoms with Gasteiger partial charge in [0.25, 0.3) is 0 Å². The van der Waals surface area contributed by atoms with Gasteiger partial charge in [0.15, 0.2) is 11.6 Å². The van der Waals surface area contributed by atoms with Gasteiger partial charge in [-0.15, -0.1) is 0 Å². The normalized spacial score (nSPS) is 29.6. The van der Waals surface area contributed by atoms with Crippen molar-refractivity contribution >= 4 is 11.6 Å². The van der Waals surface area contributed by atoms with E-state index in [0.29, 0.717) is 16.8 Å². The van der Waals surface area contributed by atoms with Crippen LogP contribution in [0.25, 0.3) is 0 Å². The van der Waals surface area contributed by atoms with Crippen LogP contribution >= 0.6 is 0 Å². The molecule has 3 heteroatoms. The molecule has 3 nitrogen and oxygen atoms in total. The largest absolute Gasteiger partial charge is 0.399 e. The highest BCUT2D eigenvalue weighted by atomic mass is 16.1. The second-order valence-corrected chi connectivity index (χ2v) is 5.00. The molecule has 3 rings (SSSR count). The Bertz CT molecular complexity index is 627. The Morgan fingerprint density at radius 3 is 2.56 bits per heavy atom. The summed E-state index contributed by atoms with van der Waals surface area (Å²) in [4.78, 5) is 25.0. The van der Waals surface area contributed by atoms with Crippen LogP contribution in [0.15, 0.2) is 48.2 Å². The third kappa shape index (κ3) is 1.24. The van der Waals surface area contributed by atoms with Gasteiger partial charge in [-0.3, -0.25) is 9.59 Å². The van der Waals surface area contributed by atoms with Crippen molar-refractivity contribution in [1.29, 1.82) is 0 Å². The zero-order valence-electron chi connectivity index (χ0n) is 10.0. The summed E-state index contributed by atoms with van der Waals surface area (Å²) in [5, 5.41) is 0. The number of rotatable bonds is 0. The van der Waals surface area contributed by atoms with E-state index < -0.39 is 11.3 Å². The van der Waals surface area contributed by atoms with Crippen LogP contribution < -0.4 is 5.73 Å². The second kappa shape index (κ2) is 3.42. The molecule has 1 aromatic carbocycles. The molecule has 1 aromatic rings. The van der Waals surface area contributed by atoms with Gasteiger partial charge >= 0.3 is 0 Å². The smallest absolute Gasteiger partial charge is 0.174 e. The fourth-order valence-electron chi connectivity index (χ4n) is 2.71. The van der Waals surface area contributed by atoms with Crippen LogP contribution in [-0.2, 0) is 0 Å². The molecule has 2 aliphatic carbocycles. The van der Waals surface area contributed by atoms with Crippen molar-refractivity contribution in [2.24, 2.45) is 17.1 Å². The van der Waals surface area contributed by atoms with Gasteiger partial charge in [-0.2, -0.15) is 0 Å². The van der Waals surface area contributed by atoms with E-state index in [9.17, 15) is 9.59 Å². The molecule has 0 aliphatic heterocycles. The van der Waals surface area contributed by atoms with Crippen LogP contribution in [0.2, 0.25) is 0 Å². The van der Waals surface area contributed by atoms with Gasteiger partial charge in [-0.05, 0) is 19.1 Å². The molecule has 18 heavy (non-hydrogen) atoms. The standard InChI is InChI=1S/C15H13NO2/c1-15-7-6-9(16)8-12(15)13(17)10-4-2-3-5-11(10)14(15)18/h2-8,12H,16H2,1H3. The molecule has 0 amide bonds. The molecular formula is C15H13NO2. The van der Waals surface area contributed by atoms with Crippen molar-refractivity contribution in [3.8, 4) is 0 Å². The van der Waals surface area contributed by atoms with E-state index in [1.54, 1.807) is 49.4 Å². The van der Waals surface area contributed by atoms with Gasteiger partial charge in [-0.1, -0.05) is 30.3 Å². The molecule has 0 saturated heterocycles. The van der Waals surface area contributed by atoms with Crippen LogP contribution in [-0.4, -0.2) is 11.6 Å². The third-order valence-electron chi connectivity index (χ3n) is 3.84. The number of hydrogen-bond acceptors (Lipinski definition) is 3. The molecule has 0 saturated carbocycles. The van der Waals surface area contributed by atoms with E-state index in [1.165, 1.54) is 0 Å². The van der Waals surface area contributed by atoms with Crippen LogP contribution in [0.3, 0.4) is 0 Å². The van der Waals surface area contributed by atoms with Gasteiger partial charge in [0.1, 0.15) is 0 Å². The lowest BCUT2D eigenvalue weighted by atomic mass is 9.62. The summed E-state index contributed by atoms with van der Waals surface area (Å²) in [5.74, 6) is -0.521. The van der Waals surface area contributed by atoms with Gasteiger partial charge in [0.05, 0.1) is 11.3 Å². The highest BCUT2D eigenvalue weighted by Crippen LogP contribution is 2.43. The zero-order chi connectivity index (χ0) is 12.9. The summed E-state index contributed by atoms with van der Waals surface area (Å²) in [6.07, 6.45) is 5.15. The minimum atomic E-state index is -0.797. The predicted octanol–water partition coefficient (Wildman–Crippen LogP) is 2.10. The SMILES string of the molecule is CC12C=CC(N)=CC1C(=O)c1ccccc1C2=O. The number of nitrogens with two attached hydrogens (primary N) is 1. The molecule has 2 atom stereocenters. The quantitative estimate of drug-likeness (QED) is 0.754. The predicted molar refractivity (Wildman–Crippen MR) is 68.1 cm³/mol. The first-order valence-corrected chi connectivity index (χ1v) is 5.88. The lowest BCUT2D eigenvalue weighted by Gasteiger charge is -2.37. The van der Waals surface area contributed by atoms with Crippen LogP contribution in [0.4, 0.5) is 0 Å². The highest BCUT2D eigenvalue weighted by Gasteiger charge is 2.48. The first-order chi connectivity index (χ1) is 8.54. The van der Waals surface area contributed by atoms with Crippen LogP contribution in [0, 0.1) is 11.3 Å². The molecule has 2 aliphatic rings. The Kier molecular flexibility index (Phi) is 2.08. The molecule has 2 unspecified atom stereocenters. The molecule has 90 valence electrons. The monoisotopic (exact) mass is 239 g/mol. The summed E-state index contributed by atoms with van der Waals surface area (Å²) in [6, 6.07) is 6.98. The Hall–Kier alpha value is -2.16. The number of carbonyl (C=O) groups is 2. The van der Waals surface area contributed by atoms with E-state index >= 15 is 0 Å². The van der Waals surface area contributed by atoms with Crippen molar-refractivity contribution in [1.82, 2.24) is 0 Å². The number of hydrogen-bond donors (Lipinski definition) is 1. The fourth-order valence-corrected chi connectivity index (χ4v) is 2.71. The molecule has 0 radical (unpaired) electrons. The van der Waals surface area contributed by atoms with Crippen molar-refractivity contribution < 1.29 is 9.59 Å². The molecule has 0 aromatic heterocycles. The number of fused-ring (bicyclic) bond motifs is 2. The zero-order valence-corrected chi connectivity index (χ0v) is 10.0.